The topological polar surface area (TPSA) is 0 Å². The third kappa shape index (κ3) is 4.20. The molecule has 4 aromatic rings. The van der Waals surface area contributed by atoms with Crippen LogP contribution in [0.5, 0.6) is 0 Å². The van der Waals surface area contributed by atoms with Crippen molar-refractivity contribution in [2.75, 3.05) is 0 Å². The minimum absolute atomic E-state index is 0.206. The standard InChI is InChI=1S/C27H23F/c1-20(22-5-3-2-4-6-22)19-21-7-9-23(10-8-21)24-11-13-25(14-12-24)26-15-17-27(28)18-16-26/h2-18,20H,19H2,1H3/t20-/m1/s1. The zero-order valence-corrected chi connectivity index (χ0v) is 16.0. The Bertz CT molecular complexity index is 1010. The van der Waals surface area contributed by atoms with E-state index in [1.165, 1.54) is 34.4 Å². The van der Waals surface area contributed by atoms with Crippen LogP contribution in [-0.4, -0.2) is 0 Å². The first-order chi connectivity index (χ1) is 13.7. The smallest absolute Gasteiger partial charge is 0.123 e. The van der Waals surface area contributed by atoms with Gasteiger partial charge in [-0.2, -0.15) is 0 Å². The first kappa shape index (κ1) is 18.2. The Morgan fingerprint density at radius 2 is 1.00 bits per heavy atom. The maximum atomic E-state index is 13.1. The van der Waals surface area contributed by atoms with E-state index in [9.17, 15) is 4.39 Å². The third-order valence-corrected chi connectivity index (χ3v) is 5.26. The molecule has 0 unspecified atom stereocenters. The van der Waals surface area contributed by atoms with Crippen molar-refractivity contribution in [3.05, 3.63) is 120 Å². The van der Waals surface area contributed by atoms with E-state index in [-0.39, 0.29) is 5.82 Å². The maximum Gasteiger partial charge on any atom is 0.123 e. The predicted molar refractivity (Wildman–Crippen MR) is 116 cm³/mol. The summed E-state index contributed by atoms with van der Waals surface area (Å²) in [6.45, 7) is 2.28. The summed E-state index contributed by atoms with van der Waals surface area (Å²) in [6, 6.07) is 34.6. The molecule has 1 atom stereocenters. The van der Waals surface area contributed by atoms with E-state index in [2.05, 4.69) is 85.8 Å². The van der Waals surface area contributed by atoms with Crippen molar-refractivity contribution in [3.8, 4) is 22.3 Å². The highest BCUT2D eigenvalue weighted by atomic mass is 19.1. The highest BCUT2D eigenvalue weighted by Crippen LogP contribution is 2.26. The van der Waals surface area contributed by atoms with Gasteiger partial charge in [-0.1, -0.05) is 97.9 Å². The van der Waals surface area contributed by atoms with Crippen LogP contribution in [0.2, 0.25) is 0 Å². The van der Waals surface area contributed by atoms with E-state index >= 15 is 0 Å². The van der Waals surface area contributed by atoms with Gasteiger partial charge < -0.3 is 0 Å². The fourth-order valence-electron chi connectivity index (χ4n) is 3.58. The van der Waals surface area contributed by atoms with Crippen LogP contribution in [-0.2, 0) is 6.42 Å². The normalized spacial score (nSPS) is 11.9. The molecule has 0 aliphatic rings. The van der Waals surface area contributed by atoms with Crippen LogP contribution in [0.3, 0.4) is 0 Å². The van der Waals surface area contributed by atoms with Crippen molar-refractivity contribution < 1.29 is 4.39 Å². The molecular weight excluding hydrogens is 343 g/mol. The molecule has 0 nitrogen and oxygen atoms in total. The van der Waals surface area contributed by atoms with Crippen LogP contribution >= 0.6 is 0 Å². The van der Waals surface area contributed by atoms with E-state index in [1.807, 2.05) is 12.1 Å². The summed E-state index contributed by atoms with van der Waals surface area (Å²) in [5.74, 6) is 0.295. The van der Waals surface area contributed by atoms with Gasteiger partial charge in [-0.15, -0.1) is 0 Å². The first-order valence-corrected chi connectivity index (χ1v) is 9.69. The van der Waals surface area contributed by atoms with Crippen LogP contribution in [0.15, 0.2) is 103 Å². The van der Waals surface area contributed by atoms with Gasteiger partial charge in [0.25, 0.3) is 0 Å². The zero-order chi connectivity index (χ0) is 19.3. The van der Waals surface area contributed by atoms with Crippen molar-refractivity contribution in [2.24, 2.45) is 0 Å². The number of hydrogen-bond acceptors (Lipinski definition) is 0. The van der Waals surface area contributed by atoms with Gasteiger partial charge in [0.1, 0.15) is 5.82 Å². The van der Waals surface area contributed by atoms with Gasteiger partial charge in [0.15, 0.2) is 0 Å². The van der Waals surface area contributed by atoms with E-state index in [0.717, 1.165) is 17.5 Å². The summed E-state index contributed by atoms with van der Waals surface area (Å²) >= 11 is 0. The molecule has 1 heteroatoms. The summed E-state index contributed by atoms with van der Waals surface area (Å²) in [5.41, 5.74) is 7.25. The molecule has 4 rings (SSSR count). The lowest BCUT2D eigenvalue weighted by molar-refractivity contribution is 0.628. The Balaban J connectivity index is 1.47. The largest absolute Gasteiger partial charge is 0.207 e. The first-order valence-electron chi connectivity index (χ1n) is 9.69. The van der Waals surface area contributed by atoms with Crippen molar-refractivity contribution in [2.45, 2.75) is 19.3 Å². The molecule has 0 radical (unpaired) electrons. The van der Waals surface area contributed by atoms with Crippen molar-refractivity contribution in [3.63, 3.8) is 0 Å². The number of rotatable bonds is 5. The van der Waals surface area contributed by atoms with E-state index in [4.69, 9.17) is 0 Å². The van der Waals surface area contributed by atoms with Crippen LogP contribution in [0, 0.1) is 5.82 Å². The molecule has 0 heterocycles. The van der Waals surface area contributed by atoms with E-state index in [0.29, 0.717) is 5.92 Å². The fraction of sp³-hybridized carbons (Fsp3) is 0.111. The molecule has 28 heavy (non-hydrogen) atoms. The summed E-state index contributed by atoms with van der Waals surface area (Å²) in [4.78, 5) is 0. The number of hydrogen-bond donors (Lipinski definition) is 0. The molecule has 0 amide bonds. The highest BCUT2D eigenvalue weighted by molar-refractivity contribution is 5.70. The van der Waals surface area contributed by atoms with Gasteiger partial charge in [0.05, 0.1) is 0 Å². The molecule has 0 fully saturated rings. The van der Waals surface area contributed by atoms with Gasteiger partial charge in [-0.3, -0.25) is 0 Å². The van der Waals surface area contributed by atoms with Crippen LogP contribution in [0.1, 0.15) is 24.0 Å². The summed E-state index contributed by atoms with van der Waals surface area (Å²) in [7, 11) is 0. The Morgan fingerprint density at radius 3 is 1.50 bits per heavy atom. The summed E-state index contributed by atoms with van der Waals surface area (Å²) < 4.78 is 13.1. The minimum Gasteiger partial charge on any atom is -0.207 e. The molecule has 0 aliphatic carbocycles. The molecular formula is C27H23F. The zero-order valence-electron chi connectivity index (χ0n) is 16.0. The lowest BCUT2D eigenvalue weighted by Crippen LogP contribution is -1.98. The quantitative estimate of drug-likeness (QED) is 0.343. The Labute approximate surface area is 166 Å². The van der Waals surface area contributed by atoms with Crippen molar-refractivity contribution in [1.29, 1.82) is 0 Å². The highest BCUT2D eigenvalue weighted by Gasteiger charge is 2.07. The Morgan fingerprint density at radius 1 is 0.571 bits per heavy atom. The Kier molecular flexibility index (Phi) is 5.34. The number of halogens is 1. The molecule has 0 bridgehead atoms. The molecule has 0 spiro atoms. The molecule has 4 aromatic carbocycles. The second-order valence-electron chi connectivity index (χ2n) is 7.30. The molecule has 0 aliphatic heterocycles. The van der Waals surface area contributed by atoms with Crippen LogP contribution in [0.25, 0.3) is 22.3 Å². The van der Waals surface area contributed by atoms with Gasteiger partial charge in [-0.05, 0) is 57.9 Å². The summed E-state index contributed by atoms with van der Waals surface area (Å²) in [6.07, 6.45) is 1.04. The third-order valence-electron chi connectivity index (χ3n) is 5.26. The van der Waals surface area contributed by atoms with E-state index in [1.54, 1.807) is 0 Å². The lowest BCUT2D eigenvalue weighted by Gasteiger charge is -2.12. The monoisotopic (exact) mass is 366 g/mol. The Hall–Kier alpha value is -3.19. The molecule has 0 N–H and O–H groups in total. The second-order valence-corrected chi connectivity index (χ2v) is 7.30. The molecule has 0 saturated carbocycles. The molecule has 138 valence electrons. The van der Waals surface area contributed by atoms with Crippen LogP contribution in [0.4, 0.5) is 4.39 Å². The SMILES string of the molecule is C[C@H](Cc1ccc(-c2ccc(-c3ccc(F)cc3)cc2)cc1)c1ccccc1. The number of benzene rings is 4. The van der Waals surface area contributed by atoms with Crippen molar-refractivity contribution in [1.82, 2.24) is 0 Å². The van der Waals surface area contributed by atoms with Crippen LogP contribution < -0.4 is 0 Å². The predicted octanol–water partition coefficient (Wildman–Crippen LogP) is 7.51. The average molecular weight is 366 g/mol. The van der Waals surface area contributed by atoms with Gasteiger partial charge >= 0.3 is 0 Å². The molecule has 0 aromatic heterocycles. The van der Waals surface area contributed by atoms with Crippen molar-refractivity contribution >= 4 is 0 Å². The average Bonchev–Trinajstić information content (AvgIpc) is 2.76. The molecule has 0 saturated heterocycles. The van der Waals surface area contributed by atoms with E-state index < -0.39 is 0 Å². The fourth-order valence-corrected chi connectivity index (χ4v) is 3.58. The second kappa shape index (κ2) is 8.22. The van der Waals surface area contributed by atoms with Gasteiger partial charge in [-0.25, -0.2) is 4.39 Å². The maximum absolute atomic E-state index is 13.1. The lowest BCUT2D eigenvalue weighted by atomic mass is 9.92. The van der Waals surface area contributed by atoms with Gasteiger partial charge in [0, 0.05) is 0 Å². The summed E-state index contributed by atoms with van der Waals surface area (Å²) in [5, 5.41) is 0. The van der Waals surface area contributed by atoms with Gasteiger partial charge in [0.2, 0.25) is 0 Å². The minimum atomic E-state index is -0.206.